The number of aromatic nitrogens is 1. The molecule has 0 fully saturated rings. The molecular formula is C12H15ClF3NOS. The first-order chi connectivity index (χ1) is 8.86. The summed E-state index contributed by atoms with van der Waals surface area (Å²) in [5.74, 6) is 0.373. The minimum absolute atomic E-state index is 0.0335. The lowest BCUT2D eigenvalue weighted by atomic mass is 10.2. The highest BCUT2D eigenvalue weighted by Crippen LogP contribution is 2.31. The van der Waals surface area contributed by atoms with E-state index in [1.54, 1.807) is 0 Å². The third kappa shape index (κ3) is 5.10. The number of alkyl halides is 3. The first kappa shape index (κ1) is 16.4. The van der Waals surface area contributed by atoms with Gasteiger partial charge in [-0.05, 0) is 12.5 Å². The van der Waals surface area contributed by atoms with Crippen molar-refractivity contribution >= 4 is 22.4 Å². The van der Waals surface area contributed by atoms with Crippen molar-refractivity contribution in [3.05, 3.63) is 22.8 Å². The van der Waals surface area contributed by atoms with Crippen molar-refractivity contribution in [2.75, 3.05) is 5.75 Å². The molecule has 0 saturated carbocycles. The monoisotopic (exact) mass is 313 g/mol. The fraction of sp³-hybridized carbons (Fsp3) is 0.583. The number of rotatable bonds is 6. The molecule has 0 aromatic carbocycles. The molecule has 0 aliphatic heterocycles. The van der Waals surface area contributed by atoms with Gasteiger partial charge in [-0.25, -0.2) is 4.98 Å². The summed E-state index contributed by atoms with van der Waals surface area (Å²) in [5.41, 5.74) is -0.927. The summed E-state index contributed by atoms with van der Waals surface area (Å²) in [6, 6.07) is 0.772. The molecule has 19 heavy (non-hydrogen) atoms. The first-order valence-corrected chi connectivity index (χ1v) is 7.67. The first-order valence-electron chi connectivity index (χ1n) is 5.97. The molecule has 0 spiro atoms. The van der Waals surface area contributed by atoms with Gasteiger partial charge in [-0.2, -0.15) is 13.2 Å². The topological polar surface area (TPSA) is 30.0 Å². The van der Waals surface area contributed by atoms with Gasteiger partial charge in [0.1, 0.15) is 5.03 Å². The second kappa shape index (κ2) is 7.24. The maximum atomic E-state index is 12.4. The Balaban J connectivity index is 2.71. The summed E-state index contributed by atoms with van der Waals surface area (Å²) >= 11 is 5.71. The van der Waals surface area contributed by atoms with Crippen LogP contribution >= 0.6 is 11.6 Å². The van der Waals surface area contributed by atoms with Crippen LogP contribution in [0, 0.1) is 0 Å². The van der Waals surface area contributed by atoms with E-state index in [1.807, 2.05) is 0 Å². The minimum atomic E-state index is -4.49. The Morgan fingerprint density at radius 3 is 2.53 bits per heavy atom. The summed E-state index contributed by atoms with van der Waals surface area (Å²) < 4.78 is 49.1. The molecule has 1 aromatic rings. The third-order valence-corrected chi connectivity index (χ3v) is 4.35. The maximum absolute atomic E-state index is 12.4. The SMILES string of the molecule is CCCCCCS(=O)c1ncc(C(F)(F)F)cc1Cl. The van der Waals surface area contributed by atoms with Crippen LogP contribution in [0.15, 0.2) is 17.3 Å². The van der Waals surface area contributed by atoms with Crippen LogP contribution in [-0.4, -0.2) is 14.9 Å². The Kier molecular flexibility index (Phi) is 6.26. The predicted molar refractivity (Wildman–Crippen MR) is 69.7 cm³/mol. The van der Waals surface area contributed by atoms with E-state index in [0.717, 1.165) is 31.7 Å². The van der Waals surface area contributed by atoms with Gasteiger partial charge in [0.15, 0.2) is 0 Å². The van der Waals surface area contributed by atoms with Gasteiger partial charge in [-0.15, -0.1) is 0 Å². The summed E-state index contributed by atoms with van der Waals surface area (Å²) in [4.78, 5) is 3.59. The Bertz CT molecular complexity index is 451. The Morgan fingerprint density at radius 2 is 2.00 bits per heavy atom. The Hall–Kier alpha value is -0.620. The lowest BCUT2D eigenvalue weighted by molar-refractivity contribution is -0.137. The molecule has 0 saturated heterocycles. The van der Waals surface area contributed by atoms with Crippen LogP contribution in [0.3, 0.4) is 0 Å². The highest BCUT2D eigenvalue weighted by atomic mass is 35.5. The standard InChI is InChI=1S/C12H15ClF3NOS/c1-2-3-4-5-6-19(18)11-10(13)7-9(8-17-11)12(14,15)16/h7-8H,2-6H2,1H3. The highest BCUT2D eigenvalue weighted by molar-refractivity contribution is 7.85. The molecule has 2 nitrogen and oxygen atoms in total. The van der Waals surface area contributed by atoms with Crippen molar-refractivity contribution in [1.29, 1.82) is 0 Å². The number of nitrogens with zero attached hydrogens (tertiary/aromatic N) is 1. The lowest BCUT2D eigenvalue weighted by Crippen LogP contribution is -2.08. The average Bonchev–Trinajstić information content (AvgIpc) is 2.33. The van der Waals surface area contributed by atoms with Gasteiger partial charge in [-0.1, -0.05) is 37.8 Å². The van der Waals surface area contributed by atoms with Crippen LogP contribution in [0.5, 0.6) is 0 Å². The number of hydrogen-bond donors (Lipinski definition) is 0. The van der Waals surface area contributed by atoms with E-state index in [1.165, 1.54) is 0 Å². The lowest BCUT2D eigenvalue weighted by Gasteiger charge is -2.08. The van der Waals surface area contributed by atoms with Gasteiger partial charge in [0.25, 0.3) is 0 Å². The second-order valence-electron chi connectivity index (χ2n) is 4.12. The van der Waals surface area contributed by atoms with Gasteiger partial charge in [0.2, 0.25) is 0 Å². The molecule has 0 amide bonds. The fourth-order valence-electron chi connectivity index (χ4n) is 1.50. The fourth-order valence-corrected chi connectivity index (χ4v) is 3.04. The number of hydrogen-bond acceptors (Lipinski definition) is 2. The van der Waals surface area contributed by atoms with E-state index < -0.39 is 22.5 Å². The molecule has 0 aliphatic rings. The van der Waals surface area contributed by atoms with Gasteiger partial charge in [-0.3, -0.25) is 4.21 Å². The minimum Gasteiger partial charge on any atom is -0.253 e. The van der Waals surface area contributed by atoms with Crippen molar-refractivity contribution < 1.29 is 17.4 Å². The summed E-state index contributed by atoms with van der Waals surface area (Å²) in [6.45, 7) is 2.06. The zero-order chi connectivity index (χ0) is 14.5. The quantitative estimate of drug-likeness (QED) is 0.727. The summed E-state index contributed by atoms with van der Waals surface area (Å²) in [5, 5.41) is -0.158. The van der Waals surface area contributed by atoms with E-state index in [-0.39, 0.29) is 10.0 Å². The van der Waals surface area contributed by atoms with Crippen LogP contribution < -0.4 is 0 Å². The molecule has 108 valence electrons. The molecule has 1 unspecified atom stereocenters. The van der Waals surface area contributed by atoms with Crippen LogP contribution in [0.4, 0.5) is 13.2 Å². The van der Waals surface area contributed by atoms with Crippen LogP contribution in [0.1, 0.15) is 38.2 Å². The smallest absolute Gasteiger partial charge is 0.253 e. The van der Waals surface area contributed by atoms with Crippen LogP contribution in [0.25, 0.3) is 0 Å². The number of pyridine rings is 1. The van der Waals surface area contributed by atoms with Crippen molar-refractivity contribution in [2.24, 2.45) is 0 Å². The predicted octanol–water partition coefficient (Wildman–Crippen LogP) is 4.44. The Morgan fingerprint density at radius 1 is 1.32 bits per heavy atom. The van der Waals surface area contributed by atoms with Crippen molar-refractivity contribution in [2.45, 2.75) is 43.8 Å². The van der Waals surface area contributed by atoms with Gasteiger partial charge in [0, 0.05) is 11.9 Å². The molecule has 0 bridgehead atoms. The molecule has 0 N–H and O–H groups in total. The molecule has 1 atom stereocenters. The normalized spacial score (nSPS) is 13.5. The zero-order valence-electron chi connectivity index (χ0n) is 10.5. The van der Waals surface area contributed by atoms with Crippen LogP contribution in [0.2, 0.25) is 5.02 Å². The second-order valence-corrected chi connectivity index (χ2v) is 6.01. The van der Waals surface area contributed by atoms with Crippen molar-refractivity contribution in [3.8, 4) is 0 Å². The van der Waals surface area contributed by atoms with Gasteiger partial charge < -0.3 is 0 Å². The van der Waals surface area contributed by atoms with Crippen molar-refractivity contribution in [1.82, 2.24) is 4.98 Å². The summed E-state index contributed by atoms with van der Waals surface area (Å²) in [7, 11) is -1.44. The van der Waals surface area contributed by atoms with E-state index >= 15 is 0 Å². The van der Waals surface area contributed by atoms with E-state index in [2.05, 4.69) is 11.9 Å². The van der Waals surface area contributed by atoms with E-state index in [9.17, 15) is 17.4 Å². The number of halogens is 4. The maximum Gasteiger partial charge on any atom is 0.417 e. The molecule has 1 heterocycles. The molecule has 0 radical (unpaired) electrons. The van der Waals surface area contributed by atoms with E-state index in [0.29, 0.717) is 11.9 Å². The average molecular weight is 314 g/mol. The van der Waals surface area contributed by atoms with Gasteiger partial charge >= 0.3 is 6.18 Å². The molecule has 7 heteroatoms. The zero-order valence-corrected chi connectivity index (χ0v) is 12.0. The van der Waals surface area contributed by atoms with Crippen LogP contribution in [-0.2, 0) is 17.0 Å². The largest absolute Gasteiger partial charge is 0.417 e. The Labute approximate surface area is 117 Å². The highest BCUT2D eigenvalue weighted by Gasteiger charge is 2.31. The molecule has 1 aromatic heterocycles. The molecule has 1 rings (SSSR count). The summed E-state index contributed by atoms with van der Waals surface area (Å²) in [6.07, 6.45) is -0.0137. The van der Waals surface area contributed by atoms with Crippen molar-refractivity contribution in [3.63, 3.8) is 0 Å². The van der Waals surface area contributed by atoms with Gasteiger partial charge in [0.05, 0.1) is 21.4 Å². The van der Waals surface area contributed by atoms with E-state index in [4.69, 9.17) is 11.6 Å². The molecule has 0 aliphatic carbocycles. The number of unbranched alkanes of at least 4 members (excludes halogenated alkanes) is 3. The molecular weight excluding hydrogens is 299 g/mol. The third-order valence-electron chi connectivity index (χ3n) is 2.53.